The van der Waals surface area contributed by atoms with Gasteiger partial charge in [-0.3, -0.25) is 19.4 Å². The zero-order valence-electron chi connectivity index (χ0n) is 17.5. The first-order chi connectivity index (χ1) is 16.0. The van der Waals surface area contributed by atoms with E-state index in [1.807, 2.05) is 18.2 Å². The Labute approximate surface area is 189 Å². The largest absolute Gasteiger partial charge is 0.363 e. The number of benzene rings is 1. The number of primary amides is 1. The summed E-state index contributed by atoms with van der Waals surface area (Å²) >= 11 is 0. The van der Waals surface area contributed by atoms with Gasteiger partial charge in [-0.2, -0.15) is 5.10 Å². The number of nitrogens with zero attached hydrogens (tertiary/aromatic N) is 4. The Kier molecular flexibility index (Phi) is 6.31. The van der Waals surface area contributed by atoms with Crippen LogP contribution in [0.4, 0.5) is 0 Å². The Bertz CT molecular complexity index is 1290. The van der Waals surface area contributed by atoms with E-state index in [1.165, 1.54) is 10.9 Å². The van der Waals surface area contributed by atoms with E-state index in [4.69, 9.17) is 5.73 Å². The molecule has 4 rings (SSSR count). The van der Waals surface area contributed by atoms with Gasteiger partial charge in [-0.15, -0.1) is 0 Å². The van der Waals surface area contributed by atoms with Crippen LogP contribution < -0.4 is 11.1 Å². The van der Waals surface area contributed by atoms with E-state index in [2.05, 4.69) is 20.4 Å². The highest BCUT2D eigenvalue weighted by atomic mass is 16.2. The number of amides is 2. The number of ketones is 1. The molecule has 1 unspecified atom stereocenters. The van der Waals surface area contributed by atoms with Crippen LogP contribution >= 0.6 is 0 Å². The molecule has 0 aliphatic rings. The minimum Gasteiger partial charge on any atom is -0.363 e. The summed E-state index contributed by atoms with van der Waals surface area (Å²) in [5.74, 6) is -2.29. The molecule has 0 saturated heterocycles. The van der Waals surface area contributed by atoms with Crippen LogP contribution in [0, 0.1) is 0 Å². The lowest BCUT2D eigenvalue weighted by Crippen LogP contribution is -2.47. The number of hydrogen-bond donors (Lipinski definition) is 2. The first-order valence-corrected chi connectivity index (χ1v) is 10.1. The topological polar surface area (TPSA) is 133 Å². The van der Waals surface area contributed by atoms with Crippen LogP contribution in [0.2, 0.25) is 0 Å². The first-order valence-electron chi connectivity index (χ1n) is 10.1. The minimum absolute atomic E-state index is 0.123. The molecule has 1 aromatic carbocycles. The Balaban J connectivity index is 1.61. The van der Waals surface area contributed by atoms with Crippen molar-refractivity contribution in [3.05, 3.63) is 96.6 Å². The molecule has 164 valence electrons. The Morgan fingerprint density at radius 1 is 0.939 bits per heavy atom. The van der Waals surface area contributed by atoms with Crippen LogP contribution in [0.5, 0.6) is 0 Å². The van der Waals surface area contributed by atoms with Gasteiger partial charge in [-0.05, 0) is 35.9 Å². The van der Waals surface area contributed by atoms with Crippen molar-refractivity contribution in [2.75, 3.05) is 0 Å². The van der Waals surface area contributed by atoms with Crippen molar-refractivity contribution in [3.8, 4) is 17.1 Å². The molecule has 0 saturated carbocycles. The average Bonchev–Trinajstić information content (AvgIpc) is 3.34. The lowest BCUT2D eigenvalue weighted by molar-refractivity contribution is -0.137. The Hall–Kier alpha value is -4.66. The van der Waals surface area contributed by atoms with E-state index < -0.39 is 23.6 Å². The minimum atomic E-state index is -1.12. The highest BCUT2D eigenvalue weighted by Gasteiger charge is 2.27. The molecule has 9 heteroatoms. The fraction of sp³-hybridized carbons (Fsp3) is 0.0833. The molecule has 33 heavy (non-hydrogen) atoms. The summed E-state index contributed by atoms with van der Waals surface area (Å²) in [6, 6.07) is 16.5. The standard InChI is InChI=1S/C24H20N6O3/c25-22(32)21(31)20(15-16-5-2-1-3-6-16)28-24(33)18-7-4-11-27-23(18)30-14-10-19(29-30)17-8-12-26-13-9-17/h1-14,20H,15H2,(H2,25,32)(H,28,33). The van der Waals surface area contributed by atoms with Crippen LogP contribution in [-0.2, 0) is 16.0 Å². The number of nitrogens with two attached hydrogens (primary N) is 1. The van der Waals surface area contributed by atoms with E-state index >= 15 is 0 Å². The molecule has 1 atom stereocenters. The number of rotatable bonds is 8. The monoisotopic (exact) mass is 440 g/mol. The van der Waals surface area contributed by atoms with Gasteiger partial charge in [0.05, 0.1) is 11.3 Å². The lowest BCUT2D eigenvalue weighted by Gasteiger charge is -2.17. The van der Waals surface area contributed by atoms with Gasteiger partial charge < -0.3 is 11.1 Å². The van der Waals surface area contributed by atoms with Crippen LogP contribution in [0.3, 0.4) is 0 Å². The van der Waals surface area contributed by atoms with Gasteiger partial charge >= 0.3 is 0 Å². The van der Waals surface area contributed by atoms with E-state index in [9.17, 15) is 14.4 Å². The lowest BCUT2D eigenvalue weighted by atomic mass is 10.0. The van der Waals surface area contributed by atoms with Gasteiger partial charge in [0, 0.05) is 36.8 Å². The van der Waals surface area contributed by atoms with E-state index in [0.717, 1.165) is 11.1 Å². The number of Topliss-reactive ketones (excluding diaryl/α,β-unsaturated/α-hetero) is 1. The summed E-state index contributed by atoms with van der Waals surface area (Å²) in [5, 5.41) is 7.14. The number of carbonyl (C=O) groups excluding carboxylic acids is 3. The zero-order chi connectivity index (χ0) is 23.2. The average molecular weight is 440 g/mol. The normalized spacial score (nSPS) is 11.5. The third-order valence-electron chi connectivity index (χ3n) is 4.96. The molecule has 0 fully saturated rings. The molecule has 3 N–H and O–H groups in total. The van der Waals surface area contributed by atoms with Gasteiger partial charge in [0.1, 0.15) is 6.04 Å². The zero-order valence-corrected chi connectivity index (χ0v) is 17.5. The number of pyridine rings is 2. The number of aromatic nitrogens is 4. The summed E-state index contributed by atoms with van der Waals surface area (Å²) in [6.07, 6.45) is 6.67. The predicted molar refractivity (Wildman–Crippen MR) is 120 cm³/mol. The summed E-state index contributed by atoms with van der Waals surface area (Å²) in [5.41, 5.74) is 7.72. The van der Waals surface area contributed by atoms with Crippen molar-refractivity contribution in [2.24, 2.45) is 5.73 Å². The Morgan fingerprint density at radius 2 is 1.70 bits per heavy atom. The van der Waals surface area contributed by atoms with Crippen molar-refractivity contribution in [3.63, 3.8) is 0 Å². The third kappa shape index (κ3) is 4.99. The summed E-state index contributed by atoms with van der Waals surface area (Å²) in [4.78, 5) is 45.4. The predicted octanol–water partition coefficient (Wildman–Crippen LogP) is 1.72. The van der Waals surface area contributed by atoms with Gasteiger partial charge in [0.2, 0.25) is 5.78 Å². The Morgan fingerprint density at radius 3 is 2.42 bits per heavy atom. The maximum absolute atomic E-state index is 13.1. The number of nitrogens with one attached hydrogen (secondary N) is 1. The van der Waals surface area contributed by atoms with Crippen molar-refractivity contribution in [1.82, 2.24) is 25.1 Å². The van der Waals surface area contributed by atoms with Crippen molar-refractivity contribution in [2.45, 2.75) is 12.5 Å². The smallest absolute Gasteiger partial charge is 0.287 e. The molecule has 0 radical (unpaired) electrons. The van der Waals surface area contributed by atoms with Crippen molar-refractivity contribution >= 4 is 17.6 Å². The molecular weight excluding hydrogens is 420 g/mol. The highest BCUT2D eigenvalue weighted by molar-refractivity contribution is 6.38. The van der Waals surface area contributed by atoms with E-state index in [1.54, 1.807) is 61.1 Å². The maximum Gasteiger partial charge on any atom is 0.287 e. The van der Waals surface area contributed by atoms with Gasteiger partial charge in [-0.25, -0.2) is 9.67 Å². The van der Waals surface area contributed by atoms with Crippen LogP contribution in [-0.4, -0.2) is 43.4 Å². The van der Waals surface area contributed by atoms with Crippen molar-refractivity contribution < 1.29 is 14.4 Å². The van der Waals surface area contributed by atoms with Crippen molar-refractivity contribution in [1.29, 1.82) is 0 Å². The molecule has 0 bridgehead atoms. The quantitative estimate of drug-likeness (QED) is 0.401. The molecule has 4 aromatic rings. The van der Waals surface area contributed by atoms with Gasteiger partial charge in [0.25, 0.3) is 11.8 Å². The molecule has 3 heterocycles. The molecule has 3 aromatic heterocycles. The van der Waals surface area contributed by atoms with E-state index in [-0.39, 0.29) is 17.8 Å². The van der Waals surface area contributed by atoms with E-state index in [0.29, 0.717) is 5.69 Å². The number of carbonyl (C=O) groups is 3. The third-order valence-corrected chi connectivity index (χ3v) is 4.96. The first kappa shape index (κ1) is 21.6. The molecule has 2 amide bonds. The molecular formula is C24H20N6O3. The van der Waals surface area contributed by atoms with Gasteiger partial charge in [0.15, 0.2) is 5.82 Å². The second kappa shape index (κ2) is 9.65. The van der Waals surface area contributed by atoms with Gasteiger partial charge in [-0.1, -0.05) is 30.3 Å². The molecule has 0 aliphatic carbocycles. The number of hydrogen-bond acceptors (Lipinski definition) is 6. The molecule has 0 spiro atoms. The molecule has 0 aliphatic heterocycles. The second-order valence-corrected chi connectivity index (χ2v) is 7.20. The summed E-state index contributed by atoms with van der Waals surface area (Å²) < 4.78 is 1.48. The fourth-order valence-corrected chi connectivity index (χ4v) is 3.34. The van der Waals surface area contributed by atoms with Crippen LogP contribution in [0.25, 0.3) is 17.1 Å². The van der Waals surface area contributed by atoms with Crippen LogP contribution in [0.1, 0.15) is 15.9 Å². The SMILES string of the molecule is NC(=O)C(=O)C(Cc1ccccc1)NC(=O)c1cccnc1-n1ccc(-c2ccncc2)n1. The summed E-state index contributed by atoms with van der Waals surface area (Å²) in [7, 11) is 0. The highest BCUT2D eigenvalue weighted by Crippen LogP contribution is 2.18. The summed E-state index contributed by atoms with van der Waals surface area (Å²) in [6.45, 7) is 0. The van der Waals surface area contributed by atoms with Crippen LogP contribution in [0.15, 0.2) is 85.5 Å². The fourth-order valence-electron chi connectivity index (χ4n) is 3.34. The molecule has 9 nitrogen and oxygen atoms in total. The second-order valence-electron chi connectivity index (χ2n) is 7.20. The maximum atomic E-state index is 13.1.